The average molecular weight is 390 g/mol. The van der Waals surface area contributed by atoms with Gasteiger partial charge in [-0.25, -0.2) is 0 Å². The van der Waals surface area contributed by atoms with E-state index in [0.29, 0.717) is 0 Å². The Morgan fingerprint density at radius 1 is 1.07 bits per heavy atom. The number of rotatable bonds is 7. The summed E-state index contributed by atoms with van der Waals surface area (Å²) in [4.78, 5) is 27.7. The highest BCUT2D eigenvalue weighted by Crippen LogP contribution is 2.17. The summed E-state index contributed by atoms with van der Waals surface area (Å²) < 4.78 is 4.87. The van der Waals surface area contributed by atoms with Gasteiger partial charge in [0.05, 0.1) is 7.11 Å². The van der Waals surface area contributed by atoms with Crippen molar-refractivity contribution in [2.45, 2.75) is 57.2 Å². The van der Waals surface area contributed by atoms with Crippen LogP contribution < -0.4 is 15.1 Å². The number of methoxy groups -OCH3 is 1. The normalized spacial score (nSPS) is 24.3. The Kier molecular flexibility index (Phi) is 7.86. The van der Waals surface area contributed by atoms with Crippen molar-refractivity contribution < 1.29 is 24.1 Å². The summed E-state index contributed by atoms with van der Waals surface area (Å²) in [6, 6.07) is 10.5. The summed E-state index contributed by atoms with van der Waals surface area (Å²) in [7, 11) is 1.40. The van der Waals surface area contributed by atoms with E-state index in [1.54, 1.807) is 4.90 Å². The molecule has 1 aliphatic heterocycles. The number of quaternary nitrogens is 2. The van der Waals surface area contributed by atoms with Crippen molar-refractivity contribution in [3.05, 3.63) is 35.9 Å². The highest BCUT2D eigenvalue weighted by atomic mass is 16.5. The zero-order valence-electron chi connectivity index (χ0n) is 17.0. The number of esters is 1. The van der Waals surface area contributed by atoms with Crippen molar-refractivity contribution in [2.75, 3.05) is 33.3 Å². The van der Waals surface area contributed by atoms with Gasteiger partial charge in [0.25, 0.3) is 5.91 Å². The molecule has 3 N–H and O–H groups in total. The Labute approximate surface area is 168 Å². The predicted octanol–water partition coefficient (Wildman–Crippen LogP) is -0.649. The standard InChI is InChI=1S/C22H33N3O3/c1-28-21(26)16-20(22(27)23-19-10-6-3-7-11-19)25-14-12-24(13-15-25)17-18-8-4-2-5-9-18/h2,4-5,8-9,19-20H,3,6-7,10-17H2,1H3,(H,23,27)/p+2/t20-/m0/s1. The van der Waals surface area contributed by atoms with Crippen LogP contribution in [-0.2, 0) is 20.9 Å². The molecule has 0 bridgehead atoms. The molecule has 28 heavy (non-hydrogen) atoms. The Morgan fingerprint density at radius 2 is 1.75 bits per heavy atom. The second-order valence-electron chi connectivity index (χ2n) is 8.25. The molecule has 2 aliphatic rings. The van der Waals surface area contributed by atoms with Crippen molar-refractivity contribution in [2.24, 2.45) is 0 Å². The van der Waals surface area contributed by atoms with Crippen molar-refractivity contribution >= 4 is 11.9 Å². The van der Waals surface area contributed by atoms with Crippen LogP contribution in [0.25, 0.3) is 0 Å². The fourth-order valence-electron chi connectivity index (χ4n) is 4.56. The number of piperazine rings is 1. The first-order valence-electron chi connectivity index (χ1n) is 10.7. The minimum Gasteiger partial charge on any atom is -0.469 e. The SMILES string of the molecule is COC(=O)C[C@@H](C(=O)NC1CCCCC1)[NH+]1CC[NH+](Cc2ccccc2)CC1. The zero-order valence-corrected chi connectivity index (χ0v) is 17.0. The molecule has 2 fully saturated rings. The highest BCUT2D eigenvalue weighted by molar-refractivity contribution is 5.85. The fraction of sp³-hybridized carbons (Fsp3) is 0.636. The third-order valence-corrected chi connectivity index (χ3v) is 6.26. The molecule has 0 aromatic heterocycles. The van der Waals surface area contributed by atoms with Crippen LogP contribution in [0.2, 0.25) is 0 Å². The molecule has 1 saturated heterocycles. The Hall–Kier alpha value is -1.92. The molecule has 0 spiro atoms. The Bertz CT molecular complexity index is 623. The quantitative estimate of drug-likeness (QED) is 0.543. The first-order chi connectivity index (χ1) is 13.7. The monoisotopic (exact) mass is 389 g/mol. The summed E-state index contributed by atoms with van der Waals surface area (Å²) >= 11 is 0. The minimum atomic E-state index is -0.340. The molecule has 1 atom stereocenters. The number of hydrogen-bond donors (Lipinski definition) is 3. The molecule has 1 aromatic rings. The highest BCUT2D eigenvalue weighted by Gasteiger charge is 2.37. The topological polar surface area (TPSA) is 64.3 Å². The molecule has 1 heterocycles. The third-order valence-electron chi connectivity index (χ3n) is 6.26. The molecule has 1 aromatic carbocycles. The maximum atomic E-state index is 13.0. The van der Waals surface area contributed by atoms with Crippen LogP contribution in [0.15, 0.2) is 30.3 Å². The van der Waals surface area contributed by atoms with Crippen molar-refractivity contribution in [1.29, 1.82) is 0 Å². The van der Waals surface area contributed by atoms with Gasteiger partial charge >= 0.3 is 5.97 Å². The molecule has 1 aliphatic carbocycles. The summed E-state index contributed by atoms with van der Waals surface area (Å²) in [5.74, 6) is -0.269. The van der Waals surface area contributed by atoms with Gasteiger partial charge in [0.2, 0.25) is 0 Å². The summed E-state index contributed by atoms with van der Waals surface area (Å²) in [6.07, 6.45) is 5.90. The van der Waals surface area contributed by atoms with Gasteiger partial charge < -0.3 is 19.9 Å². The second-order valence-corrected chi connectivity index (χ2v) is 8.25. The third kappa shape index (κ3) is 6.04. The molecule has 6 heteroatoms. The van der Waals surface area contributed by atoms with Crippen LogP contribution >= 0.6 is 0 Å². The van der Waals surface area contributed by atoms with Gasteiger partial charge in [-0.15, -0.1) is 0 Å². The van der Waals surface area contributed by atoms with Gasteiger partial charge in [-0.3, -0.25) is 9.59 Å². The molecule has 154 valence electrons. The number of carbonyl (C=O) groups excluding carboxylic acids is 2. The summed E-state index contributed by atoms with van der Waals surface area (Å²) in [6.45, 7) is 4.85. The number of ether oxygens (including phenoxy) is 1. The molecule has 0 unspecified atom stereocenters. The molecular formula is C22H35N3O3+2. The largest absolute Gasteiger partial charge is 0.469 e. The molecule has 1 saturated carbocycles. The van der Waals surface area contributed by atoms with E-state index in [9.17, 15) is 9.59 Å². The van der Waals surface area contributed by atoms with E-state index in [-0.39, 0.29) is 30.4 Å². The van der Waals surface area contributed by atoms with Crippen LogP contribution in [0.3, 0.4) is 0 Å². The number of benzene rings is 1. The van der Waals surface area contributed by atoms with Gasteiger partial charge in [0.1, 0.15) is 39.1 Å². The van der Waals surface area contributed by atoms with E-state index in [1.807, 2.05) is 6.07 Å². The van der Waals surface area contributed by atoms with E-state index >= 15 is 0 Å². The van der Waals surface area contributed by atoms with Crippen LogP contribution in [0, 0.1) is 0 Å². The zero-order chi connectivity index (χ0) is 19.8. The lowest BCUT2D eigenvalue weighted by molar-refractivity contribution is -1.02. The minimum absolute atomic E-state index is 0.0267. The van der Waals surface area contributed by atoms with Gasteiger partial charge in [-0.1, -0.05) is 49.6 Å². The lowest BCUT2D eigenvalue weighted by Gasteiger charge is -2.34. The van der Waals surface area contributed by atoms with Crippen molar-refractivity contribution in [1.82, 2.24) is 5.32 Å². The van der Waals surface area contributed by atoms with Crippen molar-refractivity contribution in [3.63, 3.8) is 0 Å². The van der Waals surface area contributed by atoms with Crippen LogP contribution in [0.1, 0.15) is 44.1 Å². The van der Waals surface area contributed by atoms with E-state index in [1.165, 1.54) is 36.8 Å². The van der Waals surface area contributed by atoms with Crippen LogP contribution in [0.5, 0.6) is 0 Å². The van der Waals surface area contributed by atoms with E-state index in [2.05, 4.69) is 29.6 Å². The molecular weight excluding hydrogens is 354 g/mol. The van der Waals surface area contributed by atoms with Crippen LogP contribution in [-0.4, -0.2) is 57.2 Å². The van der Waals surface area contributed by atoms with E-state index in [4.69, 9.17) is 4.74 Å². The van der Waals surface area contributed by atoms with E-state index < -0.39 is 0 Å². The Balaban J connectivity index is 1.56. The number of nitrogens with one attached hydrogen (secondary N) is 3. The first kappa shape index (κ1) is 20.8. The number of hydrogen-bond acceptors (Lipinski definition) is 3. The molecule has 0 radical (unpaired) electrons. The maximum absolute atomic E-state index is 13.0. The van der Waals surface area contributed by atoms with Gasteiger partial charge in [-0.05, 0) is 12.8 Å². The Morgan fingerprint density at radius 3 is 2.39 bits per heavy atom. The summed E-state index contributed by atoms with van der Waals surface area (Å²) in [5, 5.41) is 3.22. The first-order valence-corrected chi connectivity index (χ1v) is 10.7. The second kappa shape index (κ2) is 10.6. The maximum Gasteiger partial charge on any atom is 0.312 e. The smallest absolute Gasteiger partial charge is 0.312 e. The summed E-state index contributed by atoms with van der Waals surface area (Å²) in [5.41, 5.74) is 1.35. The lowest BCUT2D eigenvalue weighted by Crippen LogP contribution is -3.29. The molecule has 6 nitrogen and oxygen atoms in total. The predicted molar refractivity (Wildman–Crippen MR) is 107 cm³/mol. The number of amides is 1. The lowest BCUT2D eigenvalue weighted by atomic mass is 9.95. The molecule has 3 rings (SSSR count). The van der Waals surface area contributed by atoms with Crippen LogP contribution in [0.4, 0.5) is 0 Å². The van der Waals surface area contributed by atoms with Crippen molar-refractivity contribution in [3.8, 4) is 0 Å². The van der Waals surface area contributed by atoms with E-state index in [0.717, 1.165) is 45.6 Å². The van der Waals surface area contributed by atoms with Gasteiger partial charge in [-0.2, -0.15) is 0 Å². The number of carbonyl (C=O) groups is 2. The average Bonchev–Trinajstić information content (AvgIpc) is 2.74. The van der Waals surface area contributed by atoms with Gasteiger partial charge in [0.15, 0.2) is 6.04 Å². The van der Waals surface area contributed by atoms with Gasteiger partial charge in [0, 0.05) is 11.6 Å². The molecule has 1 amide bonds. The fourth-order valence-corrected chi connectivity index (χ4v) is 4.56.